The van der Waals surface area contributed by atoms with Gasteiger partial charge in [-0.25, -0.2) is 0 Å². The highest BCUT2D eigenvalue weighted by Gasteiger charge is 2.09. The van der Waals surface area contributed by atoms with E-state index in [1.54, 1.807) is 7.11 Å². The zero-order valence-electron chi connectivity index (χ0n) is 9.68. The van der Waals surface area contributed by atoms with Crippen molar-refractivity contribution in [3.63, 3.8) is 0 Å². The smallest absolute Gasteiger partial charge is 0.122 e. The summed E-state index contributed by atoms with van der Waals surface area (Å²) in [4.78, 5) is 0. The summed E-state index contributed by atoms with van der Waals surface area (Å²) in [5.41, 5.74) is 4.33. The number of hydrogen-bond donors (Lipinski definition) is 0. The monoisotopic (exact) mass is 192 g/mol. The van der Waals surface area contributed by atoms with E-state index in [1.807, 2.05) is 0 Å². The molecule has 0 fully saturated rings. The average Bonchev–Trinajstić information content (AvgIpc) is 2.26. The number of methoxy groups -OCH3 is 1. The molecule has 0 amide bonds. The van der Waals surface area contributed by atoms with Crippen LogP contribution >= 0.6 is 0 Å². The molecule has 0 aliphatic rings. The summed E-state index contributed by atoms with van der Waals surface area (Å²) >= 11 is 0. The van der Waals surface area contributed by atoms with Crippen LogP contribution in [-0.2, 0) is 19.3 Å². The predicted octanol–water partition coefficient (Wildman–Crippen LogP) is 3.38. The van der Waals surface area contributed by atoms with Crippen molar-refractivity contribution < 1.29 is 4.74 Å². The molecule has 0 N–H and O–H groups in total. The minimum absolute atomic E-state index is 1.04. The number of hydrogen-bond acceptors (Lipinski definition) is 1. The van der Waals surface area contributed by atoms with Crippen LogP contribution in [0.5, 0.6) is 5.75 Å². The van der Waals surface area contributed by atoms with Crippen LogP contribution in [0.15, 0.2) is 12.1 Å². The number of aryl methyl sites for hydroxylation is 1. The molecule has 0 saturated heterocycles. The van der Waals surface area contributed by atoms with Crippen LogP contribution in [0.4, 0.5) is 0 Å². The molecule has 0 saturated carbocycles. The first-order valence-electron chi connectivity index (χ1n) is 5.46. The van der Waals surface area contributed by atoms with E-state index in [9.17, 15) is 0 Å². The lowest BCUT2D eigenvalue weighted by Gasteiger charge is -2.15. The summed E-state index contributed by atoms with van der Waals surface area (Å²) in [5.74, 6) is 1.04. The molecule has 0 aliphatic heterocycles. The summed E-state index contributed by atoms with van der Waals surface area (Å²) in [5, 5.41) is 0. The van der Waals surface area contributed by atoms with Crippen molar-refractivity contribution >= 4 is 0 Å². The topological polar surface area (TPSA) is 9.23 Å². The van der Waals surface area contributed by atoms with Gasteiger partial charge in [0, 0.05) is 0 Å². The SMILES string of the molecule is CCc1ccc(OC)c(CC)c1CC. The van der Waals surface area contributed by atoms with Gasteiger partial charge in [-0.15, -0.1) is 0 Å². The first-order chi connectivity index (χ1) is 6.78. The fraction of sp³-hybridized carbons (Fsp3) is 0.538. The first-order valence-corrected chi connectivity index (χ1v) is 5.46. The van der Waals surface area contributed by atoms with E-state index >= 15 is 0 Å². The molecular formula is C13H20O. The van der Waals surface area contributed by atoms with Gasteiger partial charge in [-0.3, -0.25) is 0 Å². The molecule has 1 aromatic rings. The Hall–Kier alpha value is -0.980. The number of rotatable bonds is 4. The maximum Gasteiger partial charge on any atom is 0.122 e. The van der Waals surface area contributed by atoms with E-state index in [1.165, 1.54) is 16.7 Å². The maximum atomic E-state index is 5.38. The largest absolute Gasteiger partial charge is 0.496 e. The third-order valence-electron chi connectivity index (χ3n) is 2.79. The van der Waals surface area contributed by atoms with Gasteiger partial charge in [0.15, 0.2) is 0 Å². The summed E-state index contributed by atoms with van der Waals surface area (Å²) in [6.45, 7) is 6.62. The van der Waals surface area contributed by atoms with Crippen molar-refractivity contribution in [1.29, 1.82) is 0 Å². The quantitative estimate of drug-likeness (QED) is 0.710. The van der Waals surface area contributed by atoms with Gasteiger partial charge in [0.05, 0.1) is 7.11 Å². The fourth-order valence-corrected chi connectivity index (χ4v) is 2.07. The molecule has 1 rings (SSSR count). The van der Waals surface area contributed by atoms with Crippen LogP contribution < -0.4 is 4.74 Å². The molecule has 1 heteroatoms. The van der Waals surface area contributed by atoms with Crippen LogP contribution in [-0.4, -0.2) is 7.11 Å². The van der Waals surface area contributed by atoms with Crippen LogP contribution in [0.2, 0.25) is 0 Å². The van der Waals surface area contributed by atoms with Crippen molar-refractivity contribution in [1.82, 2.24) is 0 Å². The summed E-state index contributed by atoms with van der Waals surface area (Å²) in [6, 6.07) is 4.29. The van der Waals surface area contributed by atoms with Crippen molar-refractivity contribution in [3.05, 3.63) is 28.8 Å². The molecule has 0 spiro atoms. The Labute approximate surface area is 87.1 Å². The molecule has 1 aromatic carbocycles. The van der Waals surface area contributed by atoms with Crippen molar-refractivity contribution in [3.8, 4) is 5.75 Å². The molecule has 0 unspecified atom stereocenters. The molecular weight excluding hydrogens is 172 g/mol. The van der Waals surface area contributed by atoms with Gasteiger partial charge in [-0.05, 0) is 42.0 Å². The van der Waals surface area contributed by atoms with E-state index in [4.69, 9.17) is 4.74 Å². The Morgan fingerprint density at radius 2 is 1.57 bits per heavy atom. The van der Waals surface area contributed by atoms with Crippen molar-refractivity contribution in [2.75, 3.05) is 7.11 Å². The van der Waals surface area contributed by atoms with Crippen LogP contribution in [0.25, 0.3) is 0 Å². The van der Waals surface area contributed by atoms with E-state index in [2.05, 4.69) is 32.9 Å². The van der Waals surface area contributed by atoms with Gasteiger partial charge in [-0.2, -0.15) is 0 Å². The third-order valence-corrected chi connectivity index (χ3v) is 2.79. The van der Waals surface area contributed by atoms with E-state index < -0.39 is 0 Å². The van der Waals surface area contributed by atoms with E-state index in [0.717, 1.165) is 25.0 Å². The fourth-order valence-electron chi connectivity index (χ4n) is 2.07. The second-order valence-electron chi connectivity index (χ2n) is 3.44. The molecule has 0 aliphatic carbocycles. The van der Waals surface area contributed by atoms with Gasteiger partial charge < -0.3 is 4.74 Å². The average molecular weight is 192 g/mol. The minimum Gasteiger partial charge on any atom is -0.496 e. The Balaban J connectivity index is 3.28. The zero-order chi connectivity index (χ0) is 10.6. The standard InChI is InChI=1S/C13H20O/c1-5-10-8-9-13(14-4)12(7-3)11(10)6-2/h8-9H,5-7H2,1-4H3. The van der Waals surface area contributed by atoms with Gasteiger partial charge in [0.2, 0.25) is 0 Å². The van der Waals surface area contributed by atoms with Gasteiger partial charge >= 0.3 is 0 Å². The molecule has 0 aromatic heterocycles. The molecule has 0 bridgehead atoms. The summed E-state index contributed by atoms with van der Waals surface area (Å²) < 4.78 is 5.38. The Morgan fingerprint density at radius 1 is 0.929 bits per heavy atom. The van der Waals surface area contributed by atoms with E-state index in [-0.39, 0.29) is 0 Å². The van der Waals surface area contributed by atoms with Gasteiger partial charge in [-0.1, -0.05) is 26.8 Å². The van der Waals surface area contributed by atoms with Crippen molar-refractivity contribution in [2.45, 2.75) is 40.0 Å². The molecule has 1 nitrogen and oxygen atoms in total. The van der Waals surface area contributed by atoms with Gasteiger partial charge in [0.1, 0.15) is 5.75 Å². The highest BCUT2D eigenvalue weighted by molar-refractivity contribution is 5.45. The Bertz CT molecular complexity index is 271. The zero-order valence-corrected chi connectivity index (χ0v) is 9.68. The molecule has 0 radical (unpaired) electrons. The molecule has 14 heavy (non-hydrogen) atoms. The Kier molecular flexibility index (Phi) is 3.99. The highest BCUT2D eigenvalue weighted by Crippen LogP contribution is 2.26. The Morgan fingerprint density at radius 3 is 2.00 bits per heavy atom. The second kappa shape index (κ2) is 5.04. The van der Waals surface area contributed by atoms with E-state index in [0.29, 0.717) is 0 Å². The maximum absolute atomic E-state index is 5.38. The molecule has 0 heterocycles. The lowest BCUT2D eigenvalue weighted by Crippen LogP contribution is -2.00. The minimum atomic E-state index is 1.04. The lowest BCUT2D eigenvalue weighted by molar-refractivity contribution is 0.409. The molecule has 78 valence electrons. The molecule has 0 atom stereocenters. The first kappa shape index (κ1) is 11.1. The summed E-state index contributed by atoms with van der Waals surface area (Å²) in [7, 11) is 1.75. The number of benzene rings is 1. The van der Waals surface area contributed by atoms with Crippen molar-refractivity contribution in [2.24, 2.45) is 0 Å². The van der Waals surface area contributed by atoms with Crippen LogP contribution in [0.3, 0.4) is 0 Å². The normalized spacial score (nSPS) is 10.3. The predicted molar refractivity (Wildman–Crippen MR) is 61.1 cm³/mol. The van der Waals surface area contributed by atoms with Crippen LogP contribution in [0, 0.1) is 0 Å². The van der Waals surface area contributed by atoms with Crippen LogP contribution in [0.1, 0.15) is 37.5 Å². The highest BCUT2D eigenvalue weighted by atomic mass is 16.5. The second-order valence-corrected chi connectivity index (χ2v) is 3.44. The lowest BCUT2D eigenvalue weighted by atomic mass is 9.95. The summed E-state index contributed by atoms with van der Waals surface area (Å²) in [6.07, 6.45) is 3.27. The number of ether oxygens (including phenoxy) is 1. The third kappa shape index (κ3) is 1.92. The van der Waals surface area contributed by atoms with Gasteiger partial charge in [0.25, 0.3) is 0 Å².